The van der Waals surface area contributed by atoms with Crippen molar-refractivity contribution in [1.29, 1.82) is 0 Å². The molecule has 5 nitrogen and oxygen atoms in total. The molecule has 3 rings (SSSR count). The summed E-state index contributed by atoms with van der Waals surface area (Å²) in [6.45, 7) is 1.25. The fourth-order valence-corrected chi connectivity index (χ4v) is 4.24. The minimum Gasteiger partial charge on any atom is -0.380 e. The fourth-order valence-electron chi connectivity index (χ4n) is 3.04. The first-order chi connectivity index (χ1) is 12.3. The van der Waals surface area contributed by atoms with Gasteiger partial charge < -0.3 is 15.8 Å². The van der Waals surface area contributed by atoms with Crippen LogP contribution in [0.1, 0.15) is 40.4 Å². The molecule has 0 spiro atoms. The Kier molecular flexibility index (Phi) is 6.42. The molecule has 0 aliphatic heterocycles. The standard InChI is InChI=1S/C19H26N4OS/c1-24-13-14-7-2-3-8-15(14)23-19(20)21-12-6-11-18-22-16-9-4-5-10-17(16)25-18/h2-3,7-8H,4-6,9-13H2,1H3,(H3,20,21,23). The number of aromatic nitrogens is 1. The molecule has 0 saturated carbocycles. The lowest BCUT2D eigenvalue weighted by atomic mass is 10.0. The van der Waals surface area contributed by atoms with Crippen molar-refractivity contribution in [2.45, 2.75) is 45.1 Å². The summed E-state index contributed by atoms with van der Waals surface area (Å²) in [7, 11) is 1.69. The lowest BCUT2D eigenvalue weighted by molar-refractivity contribution is 0.185. The van der Waals surface area contributed by atoms with Crippen molar-refractivity contribution < 1.29 is 4.74 Å². The number of aryl methyl sites for hydroxylation is 3. The van der Waals surface area contributed by atoms with Gasteiger partial charge in [-0.1, -0.05) is 18.2 Å². The minimum absolute atomic E-state index is 0.446. The molecule has 1 aromatic heterocycles. The lowest BCUT2D eigenvalue weighted by Crippen LogP contribution is -2.23. The molecule has 0 fully saturated rings. The van der Waals surface area contributed by atoms with E-state index in [2.05, 4.69) is 10.3 Å². The maximum Gasteiger partial charge on any atom is 0.193 e. The molecule has 0 radical (unpaired) electrons. The number of nitrogens with zero attached hydrogens (tertiary/aromatic N) is 2. The van der Waals surface area contributed by atoms with E-state index in [4.69, 9.17) is 15.5 Å². The molecule has 0 amide bonds. The van der Waals surface area contributed by atoms with Crippen LogP contribution in [0.2, 0.25) is 0 Å². The number of guanidine groups is 1. The fraction of sp³-hybridized carbons (Fsp3) is 0.474. The van der Waals surface area contributed by atoms with Gasteiger partial charge in [0.15, 0.2) is 5.96 Å². The predicted octanol–water partition coefficient (Wildman–Crippen LogP) is 3.53. The number of nitrogens with two attached hydrogens (primary N) is 1. The van der Waals surface area contributed by atoms with Crippen LogP contribution < -0.4 is 11.1 Å². The first-order valence-electron chi connectivity index (χ1n) is 8.87. The van der Waals surface area contributed by atoms with E-state index >= 15 is 0 Å². The normalized spacial score (nSPS) is 14.4. The number of fused-ring (bicyclic) bond motifs is 1. The Bertz CT molecular complexity index is 702. The summed E-state index contributed by atoms with van der Waals surface area (Å²) < 4.78 is 5.21. The van der Waals surface area contributed by atoms with Gasteiger partial charge in [-0.25, -0.2) is 4.98 Å². The third-order valence-electron chi connectivity index (χ3n) is 4.30. The zero-order valence-electron chi connectivity index (χ0n) is 14.8. The molecular formula is C19H26N4OS. The van der Waals surface area contributed by atoms with Gasteiger partial charge >= 0.3 is 0 Å². The van der Waals surface area contributed by atoms with Crippen LogP contribution in [0, 0.1) is 0 Å². The van der Waals surface area contributed by atoms with E-state index in [1.165, 1.54) is 34.8 Å². The van der Waals surface area contributed by atoms with Gasteiger partial charge in [0.05, 0.1) is 17.3 Å². The van der Waals surface area contributed by atoms with E-state index in [0.717, 1.165) is 30.5 Å². The molecule has 2 aromatic rings. The molecule has 0 saturated heterocycles. The summed E-state index contributed by atoms with van der Waals surface area (Å²) in [5.74, 6) is 0.446. The Balaban J connectivity index is 1.48. The second-order valence-electron chi connectivity index (χ2n) is 6.27. The number of anilines is 1. The maximum atomic E-state index is 6.01. The highest BCUT2D eigenvalue weighted by atomic mass is 32.1. The zero-order valence-corrected chi connectivity index (χ0v) is 15.6. The van der Waals surface area contributed by atoms with Crippen molar-refractivity contribution in [2.75, 3.05) is 19.0 Å². The molecule has 1 aromatic carbocycles. The Morgan fingerprint density at radius 2 is 2.16 bits per heavy atom. The van der Waals surface area contributed by atoms with Gasteiger partial charge in [0.2, 0.25) is 0 Å². The predicted molar refractivity (Wildman–Crippen MR) is 104 cm³/mol. The van der Waals surface area contributed by atoms with E-state index in [9.17, 15) is 0 Å². The van der Waals surface area contributed by atoms with Gasteiger partial charge in [-0.15, -0.1) is 11.3 Å². The van der Waals surface area contributed by atoms with E-state index in [1.807, 2.05) is 35.6 Å². The van der Waals surface area contributed by atoms with Gasteiger partial charge in [-0.05, 0) is 38.2 Å². The third-order valence-corrected chi connectivity index (χ3v) is 5.52. The SMILES string of the molecule is COCc1ccccc1NC(N)=NCCCc1nc2c(s1)CCCC2. The Hall–Kier alpha value is -1.92. The molecule has 6 heteroatoms. The molecule has 1 aliphatic rings. The molecule has 3 N–H and O–H groups in total. The number of para-hydroxylation sites is 1. The first kappa shape index (κ1) is 17.9. The summed E-state index contributed by atoms with van der Waals surface area (Å²) in [5, 5.41) is 4.42. The topological polar surface area (TPSA) is 72.5 Å². The van der Waals surface area contributed by atoms with Crippen LogP contribution in [0.4, 0.5) is 5.69 Å². The third kappa shape index (κ3) is 5.03. The monoisotopic (exact) mass is 358 g/mol. The quantitative estimate of drug-likeness (QED) is 0.451. The molecule has 25 heavy (non-hydrogen) atoms. The van der Waals surface area contributed by atoms with E-state index in [-0.39, 0.29) is 0 Å². The Labute approximate surface area is 153 Å². The number of hydrogen-bond acceptors (Lipinski definition) is 4. The highest BCUT2D eigenvalue weighted by Crippen LogP contribution is 2.27. The minimum atomic E-state index is 0.446. The van der Waals surface area contributed by atoms with Crippen molar-refractivity contribution >= 4 is 23.0 Å². The second kappa shape index (κ2) is 8.97. The number of thiazole rings is 1. The molecular weight excluding hydrogens is 332 g/mol. The molecule has 1 heterocycles. The highest BCUT2D eigenvalue weighted by molar-refractivity contribution is 7.11. The van der Waals surface area contributed by atoms with Crippen molar-refractivity contribution in [3.8, 4) is 0 Å². The van der Waals surface area contributed by atoms with Crippen molar-refractivity contribution in [3.63, 3.8) is 0 Å². The van der Waals surface area contributed by atoms with Gasteiger partial charge in [-0.2, -0.15) is 0 Å². The van der Waals surface area contributed by atoms with Gasteiger partial charge in [0.25, 0.3) is 0 Å². The molecule has 0 bridgehead atoms. The Morgan fingerprint density at radius 3 is 3.00 bits per heavy atom. The Morgan fingerprint density at radius 1 is 1.32 bits per heavy atom. The lowest BCUT2D eigenvalue weighted by Gasteiger charge is -2.10. The number of nitrogens with one attached hydrogen (secondary N) is 1. The summed E-state index contributed by atoms with van der Waals surface area (Å²) in [5.41, 5.74) is 9.36. The largest absolute Gasteiger partial charge is 0.380 e. The zero-order chi connectivity index (χ0) is 17.5. The summed E-state index contributed by atoms with van der Waals surface area (Å²) in [6, 6.07) is 7.96. The summed E-state index contributed by atoms with van der Waals surface area (Å²) in [6.07, 6.45) is 6.91. The second-order valence-corrected chi connectivity index (χ2v) is 7.44. The number of rotatable bonds is 7. The maximum absolute atomic E-state index is 6.01. The van der Waals surface area contributed by atoms with Gasteiger partial charge in [0, 0.05) is 36.2 Å². The van der Waals surface area contributed by atoms with Crippen LogP contribution in [-0.4, -0.2) is 24.6 Å². The van der Waals surface area contributed by atoms with Crippen molar-refractivity contribution in [3.05, 3.63) is 45.4 Å². The molecule has 1 aliphatic carbocycles. The average molecular weight is 359 g/mol. The number of benzene rings is 1. The van der Waals surface area contributed by atoms with Crippen molar-refractivity contribution in [2.24, 2.45) is 10.7 Å². The van der Waals surface area contributed by atoms with Crippen LogP contribution in [0.3, 0.4) is 0 Å². The molecule has 0 unspecified atom stereocenters. The van der Waals surface area contributed by atoms with Crippen LogP contribution in [0.5, 0.6) is 0 Å². The summed E-state index contributed by atoms with van der Waals surface area (Å²) >= 11 is 1.88. The van der Waals surface area contributed by atoms with Crippen molar-refractivity contribution in [1.82, 2.24) is 4.98 Å². The number of ether oxygens (including phenoxy) is 1. The molecule has 134 valence electrons. The molecule has 0 atom stereocenters. The van der Waals surface area contributed by atoms with Crippen LogP contribution in [-0.2, 0) is 30.6 Å². The first-order valence-corrected chi connectivity index (χ1v) is 9.69. The number of methoxy groups -OCH3 is 1. The summed E-state index contributed by atoms with van der Waals surface area (Å²) in [4.78, 5) is 10.7. The van der Waals surface area contributed by atoms with E-state index in [0.29, 0.717) is 19.1 Å². The highest BCUT2D eigenvalue weighted by Gasteiger charge is 2.14. The van der Waals surface area contributed by atoms with Gasteiger partial charge in [-0.3, -0.25) is 4.99 Å². The number of hydrogen-bond donors (Lipinski definition) is 2. The van der Waals surface area contributed by atoms with E-state index < -0.39 is 0 Å². The van der Waals surface area contributed by atoms with Gasteiger partial charge in [0.1, 0.15) is 0 Å². The average Bonchev–Trinajstić information content (AvgIpc) is 3.03. The smallest absolute Gasteiger partial charge is 0.193 e. The van der Waals surface area contributed by atoms with Crippen LogP contribution >= 0.6 is 11.3 Å². The van der Waals surface area contributed by atoms with E-state index in [1.54, 1.807) is 7.11 Å². The van der Waals surface area contributed by atoms with Crippen LogP contribution in [0.25, 0.3) is 0 Å². The number of aliphatic imine (C=N–C) groups is 1. The van der Waals surface area contributed by atoms with Crippen LogP contribution in [0.15, 0.2) is 29.3 Å².